The Balaban J connectivity index is 0.00000484. The van der Waals surface area contributed by atoms with E-state index in [9.17, 15) is 4.79 Å². The van der Waals surface area contributed by atoms with Gasteiger partial charge in [0.2, 0.25) is 0 Å². The van der Waals surface area contributed by atoms with Gasteiger partial charge in [-0.2, -0.15) is 0 Å². The molecule has 0 aliphatic heterocycles. The number of aliphatic imine (C=N–C) groups is 1. The van der Waals surface area contributed by atoms with Crippen molar-refractivity contribution in [1.29, 1.82) is 0 Å². The van der Waals surface area contributed by atoms with Gasteiger partial charge in [-0.1, -0.05) is 19.1 Å². The summed E-state index contributed by atoms with van der Waals surface area (Å²) in [6, 6.07) is 7.87. The molecule has 0 aliphatic carbocycles. The Morgan fingerprint density at radius 1 is 1.22 bits per heavy atom. The predicted molar refractivity (Wildman–Crippen MR) is 107 cm³/mol. The molecule has 1 aromatic rings. The lowest BCUT2D eigenvalue weighted by atomic mass is 10.1. The molecule has 1 aromatic carbocycles. The molecule has 0 spiro atoms. The lowest BCUT2D eigenvalue weighted by molar-refractivity contribution is 0.0773. The van der Waals surface area contributed by atoms with Gasteiger partial charge in [0.25, 0.3) is 5.91 Å². The van der Waals surface area contributed by atoms with Crippen LogP contribution in [0.2, 0.25) is 0 Å². The Morgan fingerprint density at radius 3 is 2.26 bits per heavy atom. The van der Waals surface area contributed by atoms with Crippen LogP contribution < -0.4 is 11.1 Å². The van der Waals surface area contributed by atoms with Crippen LogP contribution in [0.5, 0.6) is 0 Å². The largest absolute Gasteiger partial charge is 0.370 e. The number of halogens is 1. The fourth-order valence-electron chi connectivity index (χ4n) is 2.02. The summed E-state index contributed by atoms with van der Waals surface area (Å²) in [6.07, 6.45) is 0.998. The van der Waals surface area contributed by atoms with E-state index < -0.39 is 0 Å². The summed E-state index contributed by atoms with van der Waals surface area (Å²) in [6.45, 7) is 10.1. The zero-order chi connectivity index (χ0) is 16.5. The third-order valence-corrected chi connectivity index (χ3v) is 3.69. The molecule has 0 radical (unpaired) electrons. The number of rotatable bonds is 7. The highest BCUT2D eigenvalue weighted by Gasteiger charge is 2.11. The van der Waals surface area contributed by atoms with E-state index in [-0.39, 0.29) is 29.9 Å². The second kappa shape index (κ2) is 11.3. The summed E-state index contributed by atoms with van der Waals surface area (Å²) >= 11 is 0. The highest BCUT2D eigenvalue weighted by molar-refractivity contribution is 14.0. The maximum atomic E-state index is 12.2. The molecule has 0 saturated heterocycles. The molecule has 130 valence electrons. The van der Waals surface area contributed by atoms with Gasteiger partial charge in [-0.05, 0) is 44.9 Å². The average molecular weight is 432 g/mol. The number of carbonyl (C=O) groups excluding carboxylic acids is 1. The second-order valence-corrected chi connectivity index (χ2v) is 5.33. The van der Waals surface area contributed by atoms with Crippen LogP contribution in [0, 0.1) is 0 Å². The molecule has 0 aliphatic rings. The number of guanidine groups is 1. The van der Waals surface area contributed by atoms with Gasteiger partial charge >= 0.3 is 0 Å². The van der Waals surface area contributed by atoms with Crippen LogP contribution in [0.3, 0.4) is 0 Å². The SMILES string of the molecule is CCC(C)NC(N)=NCc1ccc(C(=O)N(CC)CC)cc1.I. The summed E-state index contributed by atoms with van der Waals surface area (Å²) in [5.41, 5.74) is 7.57. The van der Waals surface area contributed by atoms with Crippen molar-refractivity contribution in [2.24, 2.45) is 10.7 Å². The number of nitrogens with two attached hydrogens (primary N) is 1. The van der Waals surface area contributed by atoms with Gasteiger partial charge in [0.05, 0.1) is 6.54 Å². The molecule has 0 saturated carbocycles. The summed E-state index contributed by atoms with van der Waals surface area (Å²) in [5.74, 6) is 0.524. The van der Waals surface area contributed by atoms with Crippen LogP contribution in [-0.4, -0.2) is 35.9 Å². The van der Waals surface area contributed by atoms with Crippen LogP contribution in [0.15, 0.2) is 29.3 Å². The molecule has 1 atom stereocenters. The first-order chi connectivity index (χ1) is 10.5. The van der Waals surface area contributed by atoms with E-state index in [0.717, 1.165) is 25.1 Å². The number of hydrogen-bond donors (Lipinski definition) is 2. The van der Waals surface area contributed by atoms with Gasteiger partial charge < -0.3 is 16.0 Å². The van der Waals surface area contributed by atoms with Crippen molar-refractivity contribution in [2.75, 3.05) is 13.1 Å². The molecule has 3 N–H and O–H groups in total. The molecular weight excluding hydrogens is 403 g/mol. The zero-order valence-corrected chi connectivity index (χ0v) is 16.8. The Morgan fingerprint density at radius 2 is 1.78 bits per heavy atom. The quantitative estimate of drug-likeness (QED) is 0.396. The minimum absolute atomic E-state index is 0. The molecule has 0 fully saturated rings. The molecule has 1 amide bonds. The van der Waals surface area contributed by atoms with Crippen LogP contribution >= 0.6 is 24.0 Å². The molecule has 0 aromatic heterocycles. The van der Waals surface area contributed by atoms with E-state index in [4.69, 9.17) is 5.73 Å². The molecule has 5 nitrogen and oxygen atoms in total. The van der Waals surface area contributed by atoms with Crippen molar-refractivity contribution in [3.63, 3.8) is 0 Å². The van der Waals surface area contributed by atoms with Crippen LogP contribution in [0.1, 0.15) is 50.0 Å². The molecule has 0 bridgehead atoms. The van der Waals surface area contributed by atoms with Crippen LogP contribution in [0.4, 0.5) is 0 Å². The van der Waals surface area contributed by atoms with Gasteiger partial charge in [-0.3, -0.25) is 4.79 Å². The number of amides is 1. The topological polar surface area (TPSA) is 70.7 Å². The number of hydrogen-bond acceptors (Lipinski definition) is 2. The van der Waals surface area contributed by atoms with E-state index in [1.165, 1.54) is 0 Å². The monoisotopic (exact) mass is 432 g/mol. The fourth-order valence-corrected chi connectivity index (χ4v) is 2.02. The Labute approximate surface area is 156 Å². The van der Waals surface area contributed by atoms with Gasteiger partial charge in [-0.25, -0.2) is 4.99 Å². The molecule has 0 heterocycles. The summed E-state index contributed by atoms with van der Waals surface area (Å²) in [4.78, 5) is 18.3. The first-order valence-electron chi connectivity index (χ1n) is 7.96. The van der Waals surface area contributed by atoms with Crippen molar-refractivity contribution in [1.82, 2.24) is 10.2 Å². The Bertz CT molecular complexity index is 498. The summed E-state index contributed by atoms with van der Waals surface area (Å²) in [7, 11) is 0. The third kappa shape index (κ3) is 7.20. The van der Waals surface area contributed by atoms with Crippen LogP contribution in [0.25, 0.3) is 0 Å². The highest BCUT2D eigenvalue weighted by Crippen LogP contribution is 2.09. The van der Waals surface area contributed by atoms with E-state index in [1.54, 1.807) is 4.90 Å². The maximum absolute atomic E-state index is 12.2. The lowest BCUT2D eigenvalue weighted by Gasteiger charge is -2.18. The average Bonchev–Trinajstić information content (AvgIpc) is 2.54. The van der Waals surface area contributed by atoms with Crippen molar-refractivity contribution in [3.8, 4) is 0 Å². The predicted octanol–water partition coefficient (Wildman–Crippen LogP) is 2.99. The second-order valence-electron chi connectivity index (χ2n) is 5.33. The van der Waals surface area contributed by atoms with E-state index in [1.807, 2.05) is 38.1 Å². The number of benzene rings is 1. The van der Waals surface area contributed by atoms with Gasteiger partial charge in [0.1, 0.15) is 0 Å². The number of nitrogens with one attached hydrogen (secondary N) is 1. The zero-order valence-electron chi connectivity index (χ0n) is 14.5. The van der Waals surface area contributed by atoms with E-state index in [2.05, 4.69) is 24.2 Å². The van der Waals surface area contributed by atoms with Gasteiger partial charge in [0, 0.05) is 24.7 Å². The van der Waals surface area contributed by atoms with Crippen LogP contribution in [-0.2, 0) is 6.54 Å². The lowest BCUT2D eigenvalue weighted by Crippen LogP contribution is -2.38. The minimum Gasteiger partial charge on any atom is -0.370 e. The Hall–Kier alpha value is -1.31. The van der Waals surface area contributed by atoms with E-state index in [0.29, 0.717) is 24.1 Å². The molecular formula is C17H29IN4O. The standard InChI is InChI=1S/C17H28N4O.HI/c1-5-13(4)20-17(18)19-12-14-8-10-15(11-9-14)16(22)21(6-2)7-3;/h8-11,13H,5-7,12H2,1-4H3,(H3,18,19,20);1H. The van der Waals surface area contributed by atoms with Crippen molar-refractivity contribution < 1.29 is 4.79 Å². The van der Waals surface area contributed by atoms with E-state index >= 15 is 0 Å². The third-order valence-electron chi connectivity index (χ3n) is 3.69. The van der Waals surface area contributed by atoms with Gasteiger partial charge in [-0.15, -0.1) is 24.0 Å². The maximum Gasteiger partial charge on any atom is 0.253 e. The summed E-state index contributed by atoms with van der Waals surface area (Å²) in [5, 5.41) is 3.13. The van der Waals surface area contributed by atoms with Gasteiger partial charge in [0.15, 0.2) is 5.96 Å². The van der Waals surface area contributed by atoms with Crippen molar-refractivity contribution >= 4 is 35.8 Å². The number of nitrogens with zero attached hydrogens (tertiary/aromatic N) is 2. The molecule has 23 heavy (non-hydrogen) atoms. The van der Waals surface area contributed by atoms with Crippen molar-refractivity contribution in [2.45, 2.75) is 46.7 Å². The normalized spacial score (nSPS) is 12.3. The Kier molecular flexibility index (Phi) is 10.6. The summed E-state index contributed by atoms with van der Waals surface area (Å²) < 4.78 is 0. The smallest absolute Gasteiger partial charge is 0.253 e. The minimum atomic E-state index is 0. The number of carbonyl (C=O) groups is 1. The first-order valence-corrected chi connectivity index (χ1v) is 7.96. The highest BCUT2D eigenvalue weighted by atomic mass is 127. The van der Waals surface area contributed by atoms with Crippen molar-refractivity contribution in [3.05, 3.63) is 35.4 Å². The molecule has 1 rings (SSSR count). The molecule has 1 unspecified atom stereocenters. The first kappa shape index (κ1) is 21.7. The fraction of sp³-hybridized carbons (Fsp3) is 0.529. The molecule has 6 heteroatoms.